The Morgan fingerprint density at radius 3 is 2.38 bits per heavy atom. The maximum atomic E-state index is 11.9. The molecule has 74 valence electrons. The first-order valence-corrected chi connectivity index (χ1v) is 5.73. The van der Waals surface area contributed by atoms with Gasteiger partial charge in [0.2, 0.25) is 0 Å². The molecule has 0 aromatic rings. The molecule has 0 amide bonds. The molecule has 0 spiro atoms. The third-order valence-corrected chi connectivity index (χ3v) is 3.87. The van der Waals surface area contributed by atoms with Gasteiger partial charge in [-0.3, -0.25) is 9.05 Å². The van der Waals surface area contributed by atoms with Crippen LogP contribution >= 0.6 is 7.75 Å². The molecule has 0 aliphatic carbocycles. The SMILES string of the molecule is CCOP(=O)(OCC)N1CC1C#N. The Bertz CT molecular complexity index is 253. The monoisotopic (exact) mass is 204 g/mol. The molecule has 1 heterocycles. The Balaban J connectivity index is 2.59. The Morgan fingerprint density at radius 2 is 2.08 bits per heavy atom. The van der Waals surface area contributed by atoms with E-state index in [0.717, 1.165) is 0 Å². The molecular formula is C7H13N2O3P. The van der Waals surface area contributed by atoms with Crippen LogP contribution in [0.25, 0.3) is 0 Å². The lowest BCUT2D eigenvalue weighted by molar-refractivity contribution is 0.196. The van der Waals surface area contributed by atoms with Crippen molar-refractivity contribution in [2.24, 2.45) is 0 Å². The maximum Gasteiger partial charge on any atom is 0.409 e. The molecular weight excluding hydrogens is 191 g/mol. The van der Waals surface area contributed by atoms with Crippen molar-refractivity contribution in [3.8, 4) is 6.07 Å². The fraction of sp³-hybridized carbons (Fsp3) is 0.857. The van der Waals surface area contributed by atoms with Gasteiger partial charge in [0.15, 0.2) is 0 Å². The summed E-state index contributed by atoms with van der Waals surface area (Å²) in [6.07, 6.45) is 0. The smallest absolute Gasteiger partial charge is 0.297 e. The molecule has 1 saturated heterocycles. The van der Waals surface area contributed by atoms with Crippen LogP contribution in [0, 0.1) is 11.3 Å². The molecule has 0 aromatic heterocycles. The Hall–Kier alpha value is -0.400. The Morgan fingerprint density at radius 1 is 1.54 bits per heavy atom. The standard InChI is InChI=1S/C7H13N2O3P/c1-3-11-13(10,12-4-2)9-6-7(9)5-8/h7H,3-4,6H2,1-2H3. The fourth-order valence-corrected chi connectivity index (χ4v) is 2.79. The van der Waals surface area contributed by atoms with Crippen LogP contribution in [0.4, 0.5) is 0 Å². The van der Waals surface area contributed by atoms with Crippen molar-refractivity contribution in [2.45, 2.75) is 19.9 Å². The summed E-state index contributed by atoms with van der Waals surface area (Å²) in [7, 11) is -3.14. The lowest BCUT2D eigenvalue weighted by Gasteiger charge is -2.16. The first-order valence-electron chi connectivity index (χ1n) is 4.23. The maximum absolute atomic E-state index is 11.9. The van der Waals surface area contributed by atoms with Crippen LogP contribution in [0.15, 0.2) is 0 Å². The van der Waals surface area contributed by atoms with Gasteiger partial charge in [0.25, 0.3) is 0 Å². The number of nitriles is 1. The predicted octanol–water partition coefficient (Wildman–Crippen LogP) is 1.38. The molecule has 0 N–H and O–H groups in total. The van der Waals surface area contributed by atoms with Crippen molar-refractivity contribution in [3.63, 3.8) is 0 Å². The highest BCUT2D eigenvalue weighted by atomic mass is 31.2. The second kappa shape index (κ2) is 4.21. The molecule has 0 radical (unpaired) electrons. The van der Waals surface area contributed by atoms with Crippen LogP contribution in [0.2, 0.25) is 0 Å². The highest BCUT2D eigenvalue weighted by Gasteiger charge is 2.50. The summed E-state index contributed by atoms with van der Waals surface area (Å²) in [6.45, 7) is 4.62. The molecule has 5 nitrogen and oxygen atoms in total. The van der Waals surface area contributed by atoms with E-state index in [2.05, 4.69) is 0 Å². The zero-order valence-electron chi connectivity index (χ0n) is 7.77. The fourth-order valence-electron chi connectivity index (χ4n) is 1.02. The van der Waals surface area contributed by atoms with Gasteiger partial charge in [-0.15, -0.1) is 0 Å². The predicted molar refractivity (Wildman–Crippen MR) is 47.0 cm³/mol. The minimum Gasteiger partial charge on any atom is -0.297 e. The molecule has 1 aliphatic rings. The average molecular weight is 204 g/mol. The lowest BCUT2D eigenvalue weighted by atomic mass is 10.6. The third-order valence-electron chi connectivity index (χ3n) is 1.63. The molecule has 0 aromatic carbocycles. The minimum absolute atomic E-state index is 0.302. The first-order chi connectivity index (χ1) is 6.18. The van der Waals surface area contributed by atoms with Crippen LogP contribution in [0.5, 0.6) is 0 Å². The van der Waals surface area contributed by atoms with Crippen LogP contribution in [0.3, 0.4) is 0 Å². The van der Waals surface area contributed by atoms with Gasteiger partial charge in [0, 0.05) is 6.54 Å². The van der Waals surface area contributed by atoms with E-state index in [9.17, 15) is 4.57 Å². The van der Waals surface area contributed by atoms with Crippen molar-refractivity contribution in [1.82, 2.24) is 4.67 Å². The van der Waals surface area contributed by atoms with Gasteiger partial charge < -0.3 is 0 Å². The zero-order valence-corrected chi connectivity index (χ0v) is 8.66. The number of nitrogens with zero attached hydrogens (tertiary/aromatic N) is 2. The van der Waals surface area contributed by atoms with Gasteiger partial charge in [-0.1, -0.05) is 0 Å². The number of rotatable bonds is 5. The Labute approximate surface area is 77.8 Å². The molecule has 13 heavy (non-hydrogen) atoms. The molecule has 0 saturated carbocycles. The van der Waals surface area contributed by atoms with Crippen molar-refractivity contribution < 1.29 is 13.6 Å². The van der Waals surface area contributed by atoms with Gasteiger partial charge in [0.05, 0.1) is 19.3 Å². The van der Waals surface area contributed by atoms with Crippen LogP contribution < -0.4 is 0 Å². The molecule has 1 fully saturated rings. The molecule has 6 heteroatoms. The summed E-state index contributed by atoms with van der Waals surface area (Å²) >= 11 is 0. The normalized spacial score (nSPS) is 26.8. The Kier molecular flexibility index (Phi) is 3.46. The third kappa shape index (κ3) is 2.29. The van der Waals surface area contributed by atoms with E-state index in [1.807, 2.05) is 6.07 Å². The molecule has 0 bridgehead atoms. The average Bonchev–Trinajstić information content (AvgIpc) is 2.84. The van der Waals surface area contributed by atoms with Crippen LogP contribution in [0.1, 0.15) is 13.8 Å². The van der Waals surface area contributed by atoms with Crippen LogP contribution in [-0.2, 0) is 13.6 Å². The van der Waals surface area contributed by atoms with E-state index in [4.69, 9.17) is 14.3 Å². The van der Waals surface area contributed by atoms with Gasteiger partial charge in [-0.2, -0.15) is 9.93 Å². The van der Waals surface area contributed by atoms with Gasteiger partial charge >= 0.3 is 7.75 Å². The molecule has 1 aliphatic heterocycles. The highest BCUT2D eigenvalue weighted by molar-refractivity contribution is 7.51. The summed E-state index contributed by atoms with van der Waals surface area (Å²) in [6, 6.07) is 1.70. The van der Waals surface area contributed by atoms with Crippen molar-refractivity contribution in [2.75, 3.05) is 19.8 Å². The van der Waals surface area contributed by atoms with Crippen molar-refractivity contribution in [1.29, 1.82) is 5.26 Å². The largest absolute Gasteiger partial charge is 0.409 e. The second-order valence-electron chi connectivity index (χ2n) is 2.57. The van der Waals surface area contributed by atoms with Gasteiger partial charge in [0.1, 0.15) is 6.04 Å². The molecule has 1 rings (SSSR count). The summed E-state index contributed by atoms with van der Waals surface area (Å²) in [5, 5.41) is 8.55. The number of hydrogen-bond donors (Lipinski definition) is 0. The van der Waals surface area contributed by atoms with Crippen LogP contribution in [-0.4, -0.2) is 30.5 Å². The van der Waals surface area contributed by atoms with E-state index in [0.29, 0.717) is 19.8 Å². The summed E-state index contributed by atoms with van der Waals surface area (Å²) in [5.74, 6) is 0. The number of hydrogen-bond acceptors (Lipinski definition) is 4. The molecule has 2 unspecified atom stereocenters. The molecule has 2 atom stereocenters. The summed E-state index contributed by atoms with van der Waals surface area (Å²) in [4.78, 5) is 0. The lowest BCUT2D eigenvalue weighted by Crippen LogP contribution is -2.05. The summed E-state index contributed by atoms with van der Waals surface area (Å²) in [5.41, 5.74) is 0. The topological polar surface area (TPSA) is 62.3 Å². The van der Waals surface area contributed by atoms with E-state index in [-0.39, 0.29) is 6.04 Å². The first kappa shape index (κ1) is 10.7. The van der Waals surface area contributed by atoms with Crippen molar-refractivity contribution >= 4 is 7.75 Å². The summed E-state index contributed by atoms with van der Waals surface area (Å²) < 4.78 is 23.4. The van der Waals surface area contributed by atoms with Gasteiger partial charge in [-0.05, 0) is 13.8 Å². The minimum atomic E-state index is -3.14. The highest BCUT2D eigenvalue weighted by Crippen LogP contribution is 2.58. The quantitative estimate of drug-likeness (QED) is 0.500. The zero-order chi connectivity index (χ0) is 9.90. The van der Waals surface area contributed by atoms with E-state index >= 15 is 0 Å². The van der Waals surface area contributed by atoms with E-state index in [1.54, 1.807) is 13.8 Å². The van der Waals surface area contributed by atoms with Crippen molar-refractivity contribution in [3.05, 3.63) is 0 Å². The van der Waals surface area contributed by atoms with Gasteiger partial charge in [-0.25, -0.2) is 4.57 Å². The van der Waals surface area contributed by atoms with E-state index in [1.165, 1.54) is 4.67 Å². The second-order valence-corrected chi connectivity index (χ2v) is 4.54. The van der Waals surface area contributed by atoms with E-state index < -0.39 is 7.75 Å².